The van der Waals surface area contributed by atoms with Gasteiger partial charge in [-0.3, -0.25) is 0 Å². The van der Waals surface area contributed by atoms with Gasteiger partial charge in [-0.2, -0.15) is 0 Å². The van der Waals surface area contributed by atoms with E-state index in [9.17, 15) is 0 Å². The number of nitrogens with one attached hydrogen (secondary N) is 1. The van der Waals surface area contributed by atoms with Crippen LogP contribution in [0.2, 0.25) is 5.28 Å². The van der Waals surface area contributed by atoms with Crippen molar-refractivity contribution in [2.45, 2.75) is 27.2 Å². The summed E-state index contributed by atoms with van der Waals surface area (Å²) in [5.74, 6) is 0.850. The molecule has 0 aliphatic rings. The van der Waals surface area contributed by atoms with E-state index in [0.717, 1.165) is 48.6 Å². The van der Waals surface area contributed by atoms with Crippen molar-refractivity contribution in [2.24, 2.45) is 0 Å². The molecular weight excluding hydrogens is 292 g/mol. The van der Waals surface area contributed by atoms with E-state index in [4.69, 9.17) is 11.6 Å². The van der Waals surface area contributed by atoms with Crippen molar-refractivity contribution in [1.82, 2.24) is 14.9 Å². The maximum atomic E-state index is 6.01. The average molecular weight is 313 g/mol. The minimum Gasteiger partial charge on any atom is -0.368 e. The fourth-order valence-electron chi connectivity index (χ4n) is 2.13. The number of rotatable bonds is 7. The van der Waals surface area contributed by atoms with Crippen molar-refractivity contribution in [1.29, 1.82) is 0 Å². The van der Waals surface area contributed by atoms with Gasteiger partial charge < -0.3 is 10.2 Å². The van der Waals surface area contributed by atoms with Gasteiger partial charge in [-0.15, -0.1) is 11.3 Å². The molecule has 2 rings (SSSR count). The number of thiophene rings is 1. The van der Waals surface area contributed by atoms with Crippen LogP contribution in [0.3, 0.4) is 0 Å². The molecule has 0 saturated heterocycles. The first-order valence-electron chi connectivity index (χ1n) is 7.10. The minimum atomic E-state index is 0.312. The molecule has 0 amide bonds. The number of hydrogen-bond donors (Lipinski definition) is 1. The van der Waals surface area contributed by atoms with Gasteiger partial charge in [-0.25, -0.2) is 9.97 Å². The largest absolute Gasteiger partial charge is 0.368 e. The third-order valence-corrected chi connectivity index (χ3v) is 4.72. The van der Waals surface area contributed by atoms with E-state index in [-0.39, 0.29) is 0 Å². The lowest BCUT2D eigenvalue weighted by molar-refractivity contribution is 0.316. The Kier molecular flexibility index (Phi) is 5.57. The van der Waals surface area contributed by atoms with Crippen LogP contribution in [0, 0.1) is 0 Å². The van der Waals surface area contributed by atoms with Gasteiger partial charge in [0.15, 0.2) is 0 Å². The third kappa shape index (κ3) is 3.59. The highest BCUT2D eigenvalue weighted by molar-refractivity contribution is 7.18. The van der Waals surface area contributed by atoms with E-state index >= 15 is 0 Å². The van der Waals surface area contributed by atoms with Crippen LogP contribution >= 0.6 is 22.9 Å². The van der Waals surface area contributed by atoms with E-state index in [1.807, 2.05) is 0 Å². The van der Waals surface area contributed by atoms with Crippen LogP contribution in [0.25, 0.3) is 10.2 Å². The van der Waals surface area contributed by atoms with Gasteiger partial charge in [0.05, 0.1) is 5.39 Å². The Morgan fingerprint density at radius 3 is 2.65 bits per heavy atom. The highest BCUT2D eigenvalue weighted by Crippen LogP contribution is 2.30. The highest BCUT2D eigenvalue weighted by atomic mass is 35.5. The molecule has 20 heavy (non-hydrogen) atoms. The quantitative estimate of drug-likeness (QED) is 0.792. The first-order valence-corrected chi connectivity index (χ1v) is 8.29. The molecule has 0 aliphatic heterocycles. The fourth-order valence-corrected chi connectivity index (χ4v) is 3.31. The molecule has 2 heterocycles. The lowest BCUT2D eigenvalue weighted by Crippen LogP contribution is -2.28. The second-order valence-electron chi connectivity index (χ2n) is 4.58. The van der Waals surface area contributed by atoms with Gasteiger partial charge in [0.1, 0.15) is 10.6 Å². The molecule has 110 valence electrons. The van der Waals surface area contributed by atoms with E-state index in [1.54, 1.807) is 11.3 Å². The monoisotopic (exact) mass is 312 g/mol. The summed E-state index contributed by atoms with van der Waals surface area (Å²) in [6.07, 6.45) is 1.01. The zero-order valence-electron chi connectivity index (χ0n) is 12.2. The molecule has 0 bridgehead atoms. The normalized spacial score (nSPS) is 11.4. The van der Waals surface area contributed by atoms with Crippen LogP contribution in [0.4, 0.5) is 5.82 Å². The number of likely N-dealkylation sites (N-methyl/N-ethyl adjacent to an activating group) is 1. The molecule has 0 radical (unpaired) electrons. The third-order valence-electron chi connectivity index (χ3n) is 3.38. The number of aromatic nitrogens is 2. The summed E-state index contributed by atoms with van der Waals surface area (Å²) in [6.45, 7) is 10.5. The highest BCUT2D eigenvalue weighted by Gasteiger charge is 2.10. The number of aryl methyl sites for hydroxylation is 1. The predicted molar refractivity (Wildman–Crippen MR) is 88.1 cm³/mol. The predicted octanol–water partition coefficient (Wildman–Crippen LogP) is 3.66. The van der Waals surface area contributed by atoms with Gasteiger partial charge in [-0.1, -0.05) is 20.8 Å². The van der Waals surface area contributed by atoms with Crippen LogP contribution < -0.4 is 5.32 Å². The number of fused-ring (bicyclic) bond motifs is 1. The maximum Gasteiger partial charge on any atom is 0.225 e. The molecule has 0 spiro atoms. The molecule has 0 unspecified atom stereocenters. The summed E-state index contributed by atoms with van der Waals surface area (Å²) in [5, 5.41) is 4.79. The summed E-state index contributed by atoms with van der Waals surface area (Å²) in [6, 6.07) is 2.16. The van der Waals surface area contributed by atoms with Crippen molar-refractivity contribution < 1.29 is 0 Å². The SMILES string of the molecule is CCc1cc2c(NCCN(CC)CC)nc(Cl)nc2s1. The molecule has 2 aromatic rings. The van der Waals surface area contributed by atoms with Crippen molar-refractivity contribution in [3.8, 4) is 0 Å². The summed E-state index contributed by atoms with van der Waals surface area (Å²) in [4.78, 5) is 13.3. The Morgan fingerprint density at radius 1 is 1.25 bits per heavy atom. The van der Waals surface area contributed by atoms with Gasteiger partial charge in [-0.05, 0) is 37.2 Å². The first-order chi connectivity index (χ1) is 9.67. The summed E-state index contributed by atoms with van der Waals surface area (Å²) < 4.78 is 0. The van der Waals surface area contributed by atoms with Gasteiger partial charge >= 0.3 is 0 Å². The lowest BCUT2D eigenvalue weighted by Gasteiger charge is -2.18. The van der Waals surface area contributed by atoms with Crippen LogP contribution in [0.15, 0.2) is 6.07 Å². The van der Waals surface area contributed by atoms with Gasteiger partial charge in [0.2, 0.25) is 5.28 Å². The van der Waals surface area contributed by atoms with Crippen LogP contribution in [0.1, 0.15) is 25.6 Å². The Morgan fingerprint density at radius 2 is 2.00 bits per heavy atom. The Balaban J connectivity index is 2.14. The molecule has 0 aliphatic carbocycles. The number of anilines is 1. The Hall–Kier alpha value is -0.910. The van der Waals surface area contributed by atoms with Gasteiger partial charge in [0, 0.05) is 18.0 Å². The van der Waals surface area contributed by atoms with Crippen molar-refractivity contribution in [3.63, 3.8) is 0 Å². The minimum absolute atomic E-state index is 0.312. The van der Waals surface area contributed by atoms with Gasteiger partial charge in [0.25, 0.3) is 0 Å². The van der Waals surface area contributed by atoms with E-state index in [0.29, 0.717) is 5.28 Å². The fraction of sp³-hybridized carbons (Fsp3) is 0.571. The zero-order valence-corrected chi connectivity index (χ0v) is 13.8. The molecule has 6 heteroatoms. The van der Waals surface area contributed by atoms with E-state index < -0.39 is 0 Å². The Bertz CT molecular complexity index is 566. The summed E-state index contributed by atoms with van der Waals surface area (Å²) >= 11 is 7.69. The first kappa shape index (κ1) is 15.5. The van der Waals surface area contributed by atoms with E-state index in [1.165, 1.54) is 4.88 Å². The second-order valence-corrected chi connectivity index (χ2v) is 6.03. The molecule has 0 atom stereocenters. The Labute approximate surface area is 129 Å². The van der Waals surface area contributed by atoms with Crippen LogP contribution in [0.5, 0.6) is 0 Å². The molecule has 4 nitrogen and oxygen atoms in total. The zero-order chi connectivity index (χ0) is 14.5. The second kappa shape index (κ2) is 7.20. The van der Waals surface area contributed by atoms with Crippen LogP contribution in [-0.4, -0.2) is 41.0 Å². The smallest absolute Gasteiger partial charge is 0.225 e. The van der Waals surface area contributed by atoms with Crippen molar-refractivity contribution >= 4 is 39.0 Å². The van der Waals surface area contributed by atoms with Crippen LogP contribution in [-0.2, 0) is 6.42 Å². The molecule has 0 saturated carbocycles. The molecule has 1 N–H and O–H groups in total. The number of halogens is 1. The van der Waals surface area contributed by atoms with E-state index in [2.05, 4.69) is 47.0 Å². The van der Waals surface area contributed by atoms with Crippen molar-refractivity contribution in [2.75, 3.05) is 31.5 Å². The maximum absolute atomic E-state index is 6.01. The standard InChI is InChI=1S/C14H21ClN4S/c1-4-10-9-11-12(16-7-8-19(5-2)6-3)17-14(15)18-13(11)20-10/h9H,4-8H2,1-3H3,(H,16,17,18). The summed E-state index contributed by atoms with van der Waals surface area (Å²) in [7, 11) is 0. The number of hydrogen-bond acceptors (Lipinski definition) is 5. The average Bonchev–Trinajstić information content (AvgIpc) is 2.86. The van der Waals surface area contributed by atoms with Crippen molar-refractivity contribution in [3.05, 3.63) is 16.2 Å². The molecule has 2 aromatic heterocycles. The lowest BCUT2D eigenvalue weighted by atomic mass is 10.3. The molecule has 0 aromatic carbocycles. The topological polar surface area (TPSA) is 41.0 Å². The molecular formula is C14H21ClN4S. The molecule has 0 fully saturated rings. The summed E-state index contributed by atoms with van der Waals surface area (Å²) in [5.41, 5.74) is 0. The number of nitrogens with zero attached hydrogens (tertiary/aromatic N) is 3.